The van der Waals surface area contributed by atoms with Gasteiger partial charge in [0.2, 0.25) is 5.91 Å². The molecule has 0 spiro atoms. The fraction of sp³-hybridized carbons (Fsp3) is 0.312. The van der Waals surface area contributed by atoms with E-state index in [2.05, 4.69) is 31.2 Å². The van der Waals surface area contributed by atoms with Gasteiger partial charge in [-0.2, -0.15) is 5.10 Å². The number of carbonyl (C=O) groups excluding carboxylic acids is 1. The van der Waals surface area contributed by atoms with Gasteiger partial charge in [-0.05, 0) is 18.2 Å². The van der Waals surface area contributed by atoms with Crippen LogP contribution >= 0.6 is 11.8 Å². The first-order valence-corrected chi connectivity index (χ1v) is 8.07. The highest BCUT2D eigenvalue weighted by Crippen LogP contribution is 2.24. The summed E-state index contributed by atoms with van der Waals surface area (Å²) in [4.78, 5) is 23.0. The van der Waals surface area contributed by atoms with E-state index < -0.39 is 5.97 Å². The van der Waals surface area contributed by atoms with Gasteiger partial charge in [0.1, 0.15) is 0 Å². The molecule has 0 radical (unpaired) electrons. The maximum atomic E-state index is 12.1. The summed E-state index contributed by atoms with van der Waals surface area (Å²) in [6, 6.07) is 8.55. The van der Waals surface area contributed by atoms with Crippen LogP contribution in [0.15, 0.2) is 36.5 Å². The van der Waals surface area contributed by atoms with Crippen LogP contribution in [0, 0.1) is 0 Å². The molecular formula is C16H19N3O3S. The average molecular weight is 333 g/mol. The number of aromatic carboxylic acids is 1. The van der Waals surface area contributed by atoms with E-state index in [9.17, 15) is 9.59 Å². The second kappa shape index (κ2) is 6.87. The average Bonchev–Trinajstić information content (AvgIpc) is 2.95. The van der Waals surface area contributed by atoms with Crippen molar-refractivity contribution in [2.45, 2.75) is 25.5 Å². The lowest BCUT2D eigenvalue weighted by Crippen LogP contribution is -2.19. The van der Waals surface area contributed by atoms with Crippen molar-refractivity contribution in [1.82, 2.24) is 9.78 Å². The minimum absolute atomic E-state index is 0.00916. The van der Waals surface area contributed by atoms with Crippen molar-refractivity contribution in [2.75, 3.05) is 11.1 Å². The summed E-state index contributed by atoms with van der Waals surface area (Å²) in [5.74, 6) is -0.855. The van der Waals surface area contributed by atoms with Crippen molar-refractivity contribution in [2.24, 2.45) is 0 Å². The molecule has 0 aliphatic carbocycles. The van der Waals surface area contributed by atoms with Gasteiger partial charge >= 0.3 is 5.97 Å². The molecule has 2 aromatic rings. The number of para-hydroxylation sites is 2. The molecule has 1 aromatic heterocycles. The van der Waals surface area contributed by atoms with Gasteiger partial charge in [-0.3, -0.25) is 4.79 Å². The number of carboxylic acids is 1. The topological polar surface area (TPSA) is 84.2 Å². The standard InChI is InChI=1S/C16H19N3O3S/c1-16(2,3)23-10-14(20)17-11-6-4-5-7-13(11)19-9-8-12(18-19)15(21)22/h4-9H,10H2,1-3H3,(H,17,20)(H,21,22). The molecule has 0 unspecified atom stereocenters. The van der Waals surface area contributed by atoms with Crippen molar-refractivity contribution in [3.05, 3.63) is 42.2 Å². The van der Waals surface area contributed by atoms with E-state index in [1.807, 2.05) is 0 Å². The number of rotatable bonds is 5. The van der Waals surface area contributed by atoms with Crippen molar-refractivity contribution in [3.63, 3.8) is 0 Å². The number of nitrogens with one attached hydrogen (secondary N) is 1. The van der Waals surface area contributed by atoms with Crippen LogP contribution in [-0.4, -0.2) is 37.3 Å². The second-order valence-corrected chi connectivity index (χ2v) is 7.72. The van der Waals surface area contributed by atoms with Crippen LogP contribution in [0.1, 0.15) is 31.3 Å². The number of hydrogen-bond acceptors (Lipinski definition) is 4. The molecule has 0 aliphatic rings. The van der Waals surface area contributed by atoms with Crippen molar-refractivity contribution in [3.8, 4) is 5.69 Å². The molecule has 6 nitrogen and oxygen atoms in total. The molecular weight excluding hydrogens is 314 g/mol. The number of aromatic nitrogens is 2. The number of thioether (sulfide) groups is 1. The number of amides is 1. The third kappa shape index (κ3) is 4.85. The lowest BCUT2D eigenvalue weighted by molar-refractivity contribution is -0.113. The minimum Gasteiger partial charge on any atom is -0.476 e. The van der Waals surface area contributed by atoms with Crippen LogP contribution in [0.4, 0.5) is 5.69 Å². The minimum atomic E-state index is -1.09. The Morgan fingerprint density at radius 3 is 2.57 bits per heavy atom. The largest absolute Gasteiger partial charge is 0.476 e. The molecule has 0 aliphatic heterocycles. The van der Waals surface area contributed by atoms with Gasteiger partial charge in [-0.15, -0.1) is 11.8 Å². The van der Waals surface area contributed by atoms with E-state index in [-0.39, 0.29) is 16.3 Å². The molecule has 2 rings (SSSR count). The Balaban J connectivity index is 2.17. The Kier molecular flexibility index (Phi) is 5.10. The number of nitrogens with zero attached hydrogens (tertiary/aromatic N) is 2. The van der Waals surface area contributed by atoms with Gasteiger partial charge in [0.05, 0.1) is 17.1 Å². The number of carboxylic acid groups (broad SMARTS) is 1. The zero-order valence-electron chi connectivity index (χ0n) is 13.2. The highest BCUT2D eigenvalue weighted by molar-refractivity contribution is 8.01. The predicted molar refractivity (Wildman–Crippen MR) is 91.4 cm³/mol. The molecule has 1 aromatic carbocycles. The summed E-state index contributed by atoms with van der Waals surface area (Å²) < 4.78 is 1.45. The quantitative estimate of drug-likeness (QED) is 0.878. The van der Waals surface area contributed by atoms with Crippen molar-refractivity contribution < 1.29 is 14.7 Å². The molecule has 1 heterocycles. The highest BCUT2D eigenvalue weighted by Gasteiger charge is 2.15. The van der Waals surface area contributed by atoms with Crippen LogP contribution in [0.3, 0.4) is 0 Å². The van der Waals surface area contributed by atoms with E-state index in [1.165, 1.54) is 10.7 Å². The van der Waals surface area contributed by atoms with Crippen molar-refractivity contribution >= 4 is 29.3 Å². The Morgan fingerprint density at radius 1 is 1.26 bits per heavy atom. The Labute approximate surface area is 138 Å². The summed E-state index contributed by atoms with van der Waals surface area (Å²) in [7, 11) is 0. The van der Waals surface area contributed by atoms with Gasteiger partial charge < -0.3 is 10.4 Å². The third-order valence-corrected chi connectivity index (χ3v) is 4.14. The third-order valence-electron chi connectivity index (χ3n) is 2.87. The monoisotopic (exact) mass is 333 g/mol. The van der Waals surface area contributed by atoms with Crippen LogP contribution in [0.25, 0.3) is 5.69 Å². The highest BCUT2D eigenvalue weighted by atomic mass is 32.2. The molecule has 0 atom stereocenters. The van der Waals surface area contributed by atoms with Crippen LogP contribution in [0.2, 0.25) is 0 Å². The molecule has 0 saturated heterocycles. The van der Waals surface area contributed by atoms with Crippen LogP contribution in [0.5, 0.6) is 0 Å². The molecule has 7 heteroatoms. The molecule has 0 fully saturated rings. The SMILES string of the molecule is CC(C)(C)SCC(=O)Nc1ccccc1-n1ccc(C(=O)O)n1. The zero-order valence-corrected chi connectivity index (χ0v) is 14.1. The number of carbonyl (C=O) groups is 2. The van der Waals surface area contributed by atoms with E-state index in [0.29, 0.717) is 17.1 Å². The molecule has 23 heavy (non-hydrogen) atoms. The summed E-state index contributed by atoms with van der Waals surface area (Å²) >= 11 is 1.56. The Hall–Kier alpha value is -2.28. The summed E-state index contributed by atoms with van der Waals surface area (Å²) in [6.07, 6.45) is 1.55. The first-order valence-electron chi connectivity index (χ1n) is 7.08. The molecule has 2 N–H and O–H groups in total. The Morgan fingerprint density at radius 2 is 1.96 bits per heavy atom. The predicted octanol–water partition coefficient (Wildman–Crippen LogP) is 3.04. The zero-order chi connectivity index (χ0) is 17.0. The van der Waals surface area contributed by atoms with Crippen molar-refractivity contribution in [1.29, 1.82) is 0 Å². The normalized spacial score (nSPS) is 11.3. The number of anilines is 1. The number of benzene rings is 1. The summed E-state index contributed by atoms with van der Waals surface area (Å²) in [5.41, 5.74) is 1.16. The van der Waals surface area contributed by atoms with E-state index in [1.54, 1.807) is 42.2 Å². The molecule has 122 valence electrons. The molecule has 1 amide bonds. The van der Waals surface area contributed by atoms with E-state index in [4.69, 9.17) is 5.11 Å². The van der Waals surface area contributed by atoms with Crippen LogP contribution in [-0.2, 0) is 4.79 Å². The van der Waals surface area contributed by atoms with Gasteiger partial charge in [0.25, 0.3) is 0 Å². The second-order valence-electron chi connectivity index (χ2n) is 5.92. The molecule has 0 bridgehead atoms. The summed E-state index contributed by atoms with van der Waals surface area (Å²) in [5, 5.41) is 15.8. The first kappa shape index (κ1) is 17.1. The van der Waals surface area contributed by atoms with Gasteiger partial charge in [-0.25, -0.2) is 9.48 Å². The lowest BCUT2D eigenvalue weighted by Gasteiger charge is -2.17. The van der Waals surface area contributed by atoms with Gasteiger partial charge in [0.15, 0.2) is 5.69 Å². The first-order chi connectivity index (χ1) is 10.8. The molecule has 0 saturated carbocycles. The smallest absolute Gasteiger partial charge is 0.356 e. The van der Waals surface area contributed by atoms with E-state index >= 15 is 0 Å². The lowest BCUT2D eigenvalue weighted by atomic mass is 10.2. The fourth-order valence-electron chi connectivity index (χ4n) is 1.82. The van der Waals surface area contributed by atoms with Crippen LogP contribution < -0.4 is 5.32 Å². The van der Waals surface area contributed by atoms with Gasteiger partial charge in [-0.1, -0.05) is 32.9 Å². The Bertz CT molecular complexity index is 719. The van der Waals surface area contributed by atoms with E-state index in [0.717, 1.165) is 0 Å². The maximum absolute atomic E-state index is 12.1. The maximum Gasteiger partial charge on any atom is 0.356 e. The van der Waals surface area contributed by atoms with Gasteiger partial charge in [0, 0.05) is 10.9 Å². The summed E-state index contributed by atoms with van der Waals surface area (Å²) in [6.45, 7) is 6.15. The fourth-order valence-corrected chi connectivity index (χ4v) is 2.46. The number of hydrogen-bond donors (Lipinski definition) is 2.